The van der Waals surface area contributed by atoms with Crippen LogP contribution in [0.5, 0.6) is 0 Å². The van der Waals surface area contributed by atoms with Crippen LogP contribution in [0.2, 0.25) is 0 Å². The Morgan fingerprint density at radius 3 is 2.30 bits per heavy atom. The molecule has 2 aromatic rings. The molecule has 0 saturated carbocycles. The van der Waals surface area contributed by atoms with Crippen molar-refractivity contribution >= 4 is 26.9 Å². The van der Waals surface area contributed by atoms with Crippen LogP contribution in [0.1, 0.15) is 6.92 Å². The first-order valence-corrected chi connectivity index (χ1v) is 8.75. The number of sulfone groups is 1. The van der Waals surface area contributed by atoms with Crippen molar-refractivity contribution in [3.63, 3.8) is 0 Å². The highest BCUT2D eigenvalue weighted by atomic mass is 32.2. The third kappa shape index (κ3) is 4.14. The number of nitrogen functional groups attached to an aromatic ring is 2. The highest BCUT2D eigenvalue weighted by Crippen LogP contribution is 2.27. The van der Waals surface area contributed by atoms with Crippen LogP contribution in [0, 0.1) is 0 Å². The predicted octanol–water partition coefficient (Wildman–Crippen LogP) is 2.13. The number of ether oxygens (including phenoxy) is 1. The number of hydrogen-bond acceptors (Lipinski definition) is 6. The van der Waals surface area contributed by atoms with Gasteiger partial charge in [-0.1, -0.05) is 0 Å². The zero-order chi connectivity index (χ0) is 16.9. The average Bonchev–Trinajstić information content (AvgIpc) is 2.53. The van der Waals surface area contributed by atoms with Crippen LogP contribution >= 0.6 is 0 Å². The van der Waals surface area contributed by atoms with Gasteiger partial charge in [0.05, 0.1) is 27.8 Å². The normalized spacial score (nSPS) is 11.3. The Kier molecular flexibility index (Phi) is 5.46. The van der Waals surface area contributed by atoms with Gasteiger partial charge in [0.25, 0.3) is 0 Å². The molecule has 6 nitrogen and oxygen atoms in total. The van der Waals surface area contributed by atoms with Crippen molar-refractivity contribution in [2.45, 2.75) is 16.7 Å². The van der Waals surface area contributed by atoms with Crippen molar-refractivity contribution in [1.29, 1.82) is 0 Å². The summed E-state index contributed by atoms with van der Waals surface area (Å²) in [4.78, 5) is 0.332. The Morgan fingerprint density at radius 2 is 1.70 bits per heavy atom. The SMILES string of the molecule is CCOCCNc1ccc(S(=O)(=O)c2ccc(N)cc2)cc1N. The lowest BCUT2D eigenvalue weighted by atomic mass is 10.2. The summed E-state index contributed by atoms with van der Waals surface area (Å²) in [5, 5.41) is 3.11. The van der Waals surface area contributed by atoms with E-state index in [1.807, 2.05) is 6.92 Å². The maximum atomic E-state index is 12.6. The fraction of sp³-hybridized carbons (Fsp3) is 0.250. The van der Waals surface area contributed by atoms with Gasteiger partial charge in [-0.25, -0.2) is 8.42 Å². The molecule has 0 aliphatic carbocycles. The van der Waals surface area contributed by atoms with E-state index < -0.39 is 9.84 Å². The Balaban J connectivity index is 2.20. The van der Waals surface area contributed by atoms with Gasteiger partial charge in [-0.2, -0.15) is 0 Å². The van der Waals surface area contributed by atoms with Gasteiger partial charge in [0.2, 0.25) is 9.84 Å². The smallest absolute Gasteiger partial charge is 0.206 e. The van der Waals surface area contributed by atoms with Crippen molar-refractivity contribution in [3.8, 4) is 0 Å². The minimum atomic E-state index is -3.61. The largest absolute Gasteiger partial charge is 0.399 e. The molecule has 0 spiro atoms. The average molecular weight is 335 g/mol. The van der Waals surface area contributed by atoms with Crippen LogP contribution in [0.15, 0.2) is 52.3 Å². The second-order valence-electron chi connectivity index (χ2n) is 4.95. The number of nitrogens with one attached hydrogen (secondary N) is 1. The number of benzene rings is 2. The highest BCUT2D eigenvalue weighted by molar-refractivity contribution is 7.91. The van der Waals surface area contributed by atoms with Crippen molar-refractivity contribution < 1.29 is 13.2 Å². The lowest BCUT2D eigenvalue weighted by Crippen LogP contribution is -2.11. The van der Waals surface area contributed by atoms with Crippen molar-refractivity contribution in [1.82, 2.24) is 0 Å². The molecule has 7 heteroatoms. The molecule has 0 aliphatic rings. The van der Waals surface area contributed by atoms with Gasteiger partial charge in [0, 0.05) is 18.8 Å². The first kappa shape index (κ1) is 17.1. The first-order chi connectivity index (χ1) is 10.9. The van der Waals surface area contributed by atoms with Crippen LogP contribution in [-0.2, 0) is 14.6 Å². The minimum absolute atomic E-state index is 0.148. The number of anilines is 3. The molecule has 0 radical (unpaired) electrons. The van der Waals surface area contributed by atoms with E-state index >= 15 is 0 Å². The van der Waals surface area contributed by atoms with Crippen molar-refractivity contribution in [3.05, 3.63) is 42.5 Å². The third-order valence-corrected chi connectivity index (χ3v) is 5.06. The molecule has 0 unspecified atom stereocenters. The maximum absolute atomic E-state index is 12.6. The van der Waals surface area contributed by atoms with Crippen LogP contribution in [0.3, 0.4) is 0 Å². The molecule has 0 heterocycles. The third-order valence-electron chi connectivity index (χ3n) is 3.29. The summed E-state index contributed by atoms with van der Waals surface area (Å²) >= 11 is 0. The van der Waals surface area contributed by atoms with Gasteiger partial charge < -0.3 is 21.5 Å². The van der Waals surface area contributed by atoms with E-state index in [0.29, 0.717) is 36.8 Å². The molecule has 2 aromatic carbocycles. The fourth-order valence-corrected chi connectivity index (χ4v) is 3.35. The molecule has 0 fully saturated rings. The number of hydrogen-bond donors (Lipinski definition) is 3. The molecule has 0 aliphatic heterocycles. The van der Waals surface area contributed by atoms with E-state index in [9.17, 15) is 8.42 Å². The lowest BCUT2D eigenvalue weighted by Gasteiger charge is -2.11. The van der Waals surface area contributed by atoms with E-state index in [0.717, 1.165) is 0 Å². The van der Waals surface area contributed by atoms with Crippen LogP contribution in [-0.4, -0.2) is 28.2 Å². The zero-order valence-corrected chi connectivity index (χ0v) is 13.8. The van der Waals surface area contributed by atoms with Crippen LogP contribution < -0.4 is 16.8 Å². The van der Waals surface area contributed by atoms with E-state index in [4.69, 9.17) is 16.2 Å². The summed E-state index contributed by atoms with van der Waals surface area (Å²) in [6, 6.07) is 10.7. The molecule has 0 atom stereocenters. The lowest BCUT2D eigenvalue weighted by molar-refractivity contribution is 0.158. The second kappa shape index (κ2) is 7.34. The fourth-order valence-electron chi connectivity index (χ4n) is 2.05. The summed E-state index contributed by atoms with van der Waals surface area (Å²) in [5.74, 6) is 0. The predicted molar refractivity (Wildman–Crippen MR) is 92.1 cm³/mol. The standard InChI is InChI=1S/C16H21N3O3S/c1-2-22-10-9-19-16-8-7-14(11-15(16)18)23(20,21)13-5-3-12(17)4-6-13/h3-8,11,19H,2,9-10,17-18H2,1H3. The molecule has 0 bridgehead atoms. The van der Waals surface area contributed by atoms with Gasteiger partial charge in [-0.05, 0) is 49.4 Å². The highest BCUT2D eigenvalue weighted by Gasteiger charge is 2.18. The van der Waals surface area contributed by atoms with Gasteiger partial charge in [0.15, 0.2) is 0 Å². The monoisotopic (exact) mass is 335 g/mol. The van der Waals surface area contributed by atoms with E-state index in [1.165, 1.54) is 24.3 Å². The van der Waals surface area contributed by atoms with Crippen LogP contribution in [0.25, 0.3) is 0 Å². The topological polar surface area (TPSA) is 107 Å². The molecule has 5 N–H and O–H groups in total. The zero-order valence-electron chi connectivity index (χ0n) is 13.0. The Bertz CT molecular complexity index is 759. The Labute approximate surface area is 136 Å². The van der Waals surface area contributed by atoms with E-state index in [-0.39, 0.29) is 9.79 Å². The van der Waals surface area contributed by atoms with Gasteiger partial charge >= 0.3 is 0 Å². The molecule has 124 valence electrons. The molecule has 0 aromatic heterocycles. The summed E-state index contributed by atoms with van der Waals surface area (Å²) < 4.78 is 30.4. The number of rotatable bonds is 7. The van der Waals surface area contributed by atoms with Gasteiger partial charge in [-0.3, -0.25) is 0 Å². The van der Waals surface area contributed by atoms with Crippen molar-refractivity contribution in [2.24, 2.45) is 0 Å². The summed E-state index contributed by atoms with van der Waals surface area (Å²) in [6.45, 7) is 3.73. The molecule has 2 rings (SSSR count). The first-order valence-electron chi connectivity index (χ1n) is 7.27. The Hall–Kier alpha value is -2.25. The van der Waals surface area contributed by atoms with Gasteiger partial charge in [0.1, 0.15) is 0 Å². The van der Waals surface area contributed by atoms with E-state index in [1.54, 1.807) is 18.2 Å². The molecular formula is C16H21N3O3S. The minimum Gasteiger partial charge on any atom is -0.399 e. The van der Waals surface area contributed by atoms with Crippen molar-refractivity contribution in [2.75, 3.05) is 36.5 Å². The molecule has 23 heavy (non-hydrogen) atoms. The maximum Gasteiger partial charge on any atom is 0.206 e. The Morgan fingerprint density at radius 1 is 1.04 bits per heavy atom. The second-order valence-corrected chi connectivity index (χ2v) is 6.89. The van der Waals surface area contributed by atoms with Crippen LogP contribution in [0.4, 0.5) is 17.1 Å². The molecular weight excluding hydrogens is 314 g/mol. The molecule has 0 amide bonds. The summed E-state index contributed by atoms with van der Waals surface area (Å²) in [7, 11) is -3.61. The van der Waals surface area contributed by atoms with Gasteiger partial charge in [-0.15, -0.1) is 0 Å². The molecule has 0 saturated heterocycles. The summed E-state index contributed by atoms with van der Waals surface area (Å²) in [6.07, 6.45) is 0. The van der Waals surface area contributed by atoms with E-state index in [2.05, 4.69) is 5.32 Å². The summed E-state index contributed by atoms with van der Waals surface area (Å²) in [5.41, 5.74) is 13.1. The quantitative estimate of drug-likeness (QED) is 0.528. The number of nitrogens with two attached hydrogens (primary N) is 2.